The van der Waals surface area contributed by atoms with Crippen molar-refractivity contribution in [3.05, 3.63) is 58.5 Å². The Bertz CT molecular complexity index is 1580. The highest BCUT2D eigenvalue weighted by atomic mass is 16.6. The SMILES string of the molecule is CC(C)(C)OC(=O)n1cccc1-c1ccc(O)c2c1C[C@H]1CC3[C@@H](N)C(=O)C(C(N)=O)=C(O)[C@@]3(O)C(=O)C1=C2O. The van der Waals surface area contributed by atoms with Crippen LogP contribution in [0.5, 0.6) is 5.75 Å². The number of ether oxygens (including phenoxy) is 1. The number of amides is 1. The number of aromatic hydroxyl groups is 1. The molecule has 1 unspecified atom stereocenters. The number of Topliss-reactive ketones (excluding diaryl/α,β-unsaturated/α-hetero) is 2. The fourth-order valence-corrected chi connectivity index (χ4v) is 6.03. The minimum atomic E-state index is -2.78. The van der Waals surface area contributed by atoms with E-state index in [1.54, 1.807) is 39.0 Å². The number of rotatable bonds is 2. The maximum Gasteiger partial charge on any atom is 0.418 e. The van der Waals surface area contributed by atoms with E-state index in [0.29, 0.717) is 16.8 Å². The molecule has 210 valence electrons. The van der Waals surface area contributed by atoms with E-state index in [4.69, 9.17) is 16.2 Å². The zero-order chi connectivity index (χ0) is 29.5. The van der Waals surface area contributed by atoms with Crippen LogP contribution in [0.4, 0.5) is 4.79 Å². The largest absolute Gasteiger partial charge is 0.508 e. The Morgan fingerprint density at radius 1 is 1.12 bits per heavy atom. The van der Waals surface area contributed by atoms with Gasteiger partial charge in [-0.25, -0.2) is 4.79 Å². The van der Waals surface area contributed by atoms with Gasteiger partial charge < -0.3 is 36.6 Å². The summed E-state index contributed by atoms with van der Waals surface area (Å²) < 4.78 is 6.78. The Balaban J connectivity index is 1.68. The van der Waals surface area contributed by atoms with Gasteiger partial charge >= 0.3 is 6.09 Å². The first-order chi connectivity index (χ1) is 18.6. The van der Waals surface area contributed by atoms with Crippen molar-refractivity contribution >= 4 is 29.3 Å². The lowest BCUT2D eigenvalue weighted by Crippen LogP contribution is -2.65. The fourth-order valence-electron chi connectivity index (χ4n) is 6.03. The van der Waals surface area contributed by atoms with Gasteiger partial charge in [-0.15, -0.1) is 0 Å². The van der Waals surface area contributed by atoms with Crippen LogP contribution in [0.3, 0.4) is 0 Å². The molecule has 0 spiro atoms. The molecule has 0 radical (unpaired) electrons. The molecule has 3 aliphatic rings. The molecule has 8 N–H and O–H groups in total. The highest BCUT2D eigenvalue weighted by Crippen LogP contribution is 2.52. The summed E-state index contributed by atoms with van der Waals surface area (Å²) in [5.41, 5.74) is 7.65. The molecule has 0 saturated heterocycles. The van der Waals surface area contributed by atoms with Crippen molar-refractivity contribution in [1.29, 1.82) is 0 Å². The van der Waals surface area contributed by atoms with Gasteiger partial charge in [-0.3, -0.25) is 19.0 Å². The zero-order valence-corrected chi connectivity index (χ0v) is 22.0. The van der Waals surface area contributed by atoms with Crippen LogP contribution in [0.2, 0.25) is 0 Å². The molecule has 3 aliphatic carbocycles. The molecule has 0 bridgehead atoms. The van der Waals surface area contributed by atoms with Gasteiger partial charge in [-0.05, 0) is 69.4 Å². The number of aliphatic hydroxyl groups excluding tert-OH is 2. The molecule has 1 fully saturated rings. The summed E-state index contributed by atoms with van der Waals surface area (Å²) in [5.74, 6) is -7.86. The number of carbonyl (C=O) groups excluding carboxylic acids is 4. The molecule has 0 aliphatic heterocycles. The molecule has 40 heavy (non-hydrogen) atoms. The highest BCUT2D eigenvalue weighted by Gasteiger charge is 2.63. The molecule has 1 aromatic heterocycles. The fraction of sp³-hybridized carbons (Fsp3) is 0.357. The number of aliphatic hydroxyl groups is 3. The van der Waals surface area contributed by atoms with Crippen LogP contribution in [0.25, 0.3) is 17.0 Å². The van der Waals surface area contributed by atoms with E-state index in [2.05, 4.69) is 0 Å². The zero-order valence-electron chi connectivity index (χ0n) is 22.0. The van der Waals surface area contributed by atoms with Gasteiger partial charge in [0.15, 0.2) is 11.4 Å². The summed E-state index contributed by atoms with van der Waals surface area (Å²) in [6.07, 6.45) is 0.772. The van der Waals surface area contributed by atoms with E-state index in [-0.39, 0.29) is 29.7 Å². The summed E-state index contributed by atoms with van der Waals surface area (Å²) in [4.78, 5) is 51.3. The molecular formula is C28H29N3O9. The van der Waals surface area contributed by atoms with Crippen molar-refractivity contribution in [2.24, 2.45) is 23.3 Å². The first-order valence-corrected chi connectivity index (χ1v) is 12.6. The molecule has 1 aromatic carbocycles. The van der Waals surface area contributed by atoms with Crippen LogP contribution in [0.15, 0.2) is 47.4 Å². The second-order valence-electron chi connectivity index (χ2n) is 11.3. The van der Waals surface area contributed by atoms with E-state index in [1.807, 2.05) is 0 Å². The number of hydrogen-bond acceptors (Lipinski definition) is 10. The summed E-state index contributed by atoms with van der Waals surface area (Å²) in [5, 5.41) is 44.3. The quantitative estimate of drug-likeness (QED) is 0.296. The van der Waals surface area contributed by atoms with Crippen molar-refractivity contribution < 1.29 is 44.3 Å². The van der Waals surface area contributed by atoms with Gasteiger partial charge in [0.1, 0.15) is 28.4 Å². The standard InChI is InChI=1S/C28H29N3O9/c1-27(2,3)40-26(38)31-8-4-5-15(31)12-6-7-16(32)18-13(12)9-11-10-14-20(29)22(34)19(25(30)37)24(36)28(14,39)23(35)17(11)21(18)33/h4-8,11,14,20,32-33,36,39H,9-10,29H2,1-3H3,(H2,30,37)/t11-,14?,20+,28-/m0/s1. The first-order valence-electron chi connectivity index (χ1n) is 12.6. The lowest BCUT2D eigenvalue weighted by molar-refractivity contribution is -0.149. The predicted octanol–water partition coefficient (Wildman–Crippen LogP) is 1.61. The Labute approximate surface area is 228 Å². The van der Waals surface area contributed by atoms with Crippen molar-refractivity contribution in [2.45, 2.75) is 50.9 Å². The molecule has 12 nitrogen and oxygen atoms in total. The average molecular weight is 552 g/mol. The lowest BCUT2D eigenvalue weighted by atomic mass is 9.57. The Kier molecular flexibility index (Phi) is 5.97. The van der Waals surface area contributed by atoms with Gasteiger partial charge in [0.25, 0.3) is 5.91 Å². The first kappa shape index (κ1) is 27.2. The molecule has 4 atom stereocenters. The van der Waals surface area contributed by atoms with Crippen LogP contribution in [-0.2, 0) is 25.5 Å². The summed E-state index contributed by atoms with van der Waals surface area (Å²) in [6.45, 7) is 5.17. The Morgan fingerprint density at radius 3 is 2.42 bits per heavy atom. The third-order valence-corrected chi connectivity index (χ3v) is 7.75. The maximum atomic E-state index is 13.7. The van der Waals surface area contributed by atoms with E-state index in [9.17, 15) is 39.6 Å². The summed E-state index contributed by atoms with van der Waals surface area (Å²) >= 11 is 0. The van der Waals surface area contributed by atoms with Gasteiger partial charge in [0.2, 0.25) is 5.78 Å². The van der Waals surface area contributed by atoms with Crippen molar-refractivity contribution in [3.63, 3.8) is 0 Å². The number of ketones is 2. The Hall–Kier alpha value is -4.42. The van der Waals surface area contributed by atoms with Crippen molar-refractivity contribution in [1.82, 2.24) is 4.57 Å². The number of hydrogen-bond donors (Lipinski definition) is 6. The molecule has 12 heteroatoms. The minimum absolute atomic E-state index is 0.0460. The molecular weight excluding hydrogens is 522 g/mol. The highest BCUT2D eigenvalue weighted by molar-refractivity contribution is 6.24. The van der Waals surface area contributed by atoms with E-state index < -0.39 is 69.7 Å². The van der Waals surface area contributed by atoms with E-state index in [0.717, 1.165) is 0 Å². The lowest BCUT2D eigenvalue weighted by Gasteiger charge is -2.48. The van der Waals surface area contributed by atoms with Crippen molar-refractivity contribution in [3.8, 4) is 17.0 Å². The van der Waals surface area contributed by atoms with Crippen LogP contribution >= 0.6 is 0 Å². The van der Waals surface area contributed by atoms with Crippen LogP contribution in [0, 0.1) is 11.8 Å². The number of aromatic nitrogens is 1. The van der Waals surface area contributed by atoms with Gasteiger partial charge in [-0.2, -0.15) is 0 Å². The number of primary amides is 1. The normalized spacial score (nSPS) is 26.3. The molecule has 1 saturated carbocycles. The Morgan fingerprint density at radius 2 is 1.80 bits per heavy atom. The monoisotopic (exact) mass is 551 g/mol. The number of phenols is 1. The van der Waals surface area contributed by atoms with Crippen LogP contribution < -0.4 is 11.5 Å². The molecule has 2 aromatic rings. The third-order valence-electron chi connectivity index (χ3n) is 7.75. The van der Waals surface area contributed by atoms with E-state index in [1.165, 1.54) is 16.8 Å². The maximum absolute atomic E-state index is 13.7. The van der Waals surface area contributed by atoms with Gasteiger partial charge in [0, 0.05) is 23.3 Å². The van der Waals surface area contributed by atoms with Crippen molar-refractivity contribution in [2.75, 3.05) is 0 Å². The molecule has 5 rings (SSSR count). The second kappa shape index (κ2) is 8.80. The number of carbonyl (C=O) groups is 4. The summed E-state index contributed by atoms with van der Waals surface area (Å²) in [6, 6.07) is 4.60. The third kappa shape index (κ3) is 3.74. The van der Waals surface area contributed by atoms with Gasteiger partial charge in [-0.1, -0.05) is 0 Å². The topological polar surface area (TPSA) is 215 Å². The predicted molar refractivity (Wildman–Crippen MR) is 140 cm³/mol. The second-order valence-corrected chi connectivity index (χ2v) is 11.3. The average Bonchev–Trinajstić information content (AvgIpc) is 3.33. The number of fused-ring (bicyclic) bond motifs is 3. The van der Waals surface area contributed by atoms with Crippen LogP contribution in [0.1, 0.15) is 38.3 Å². The smallest absolute Gasteiger partial charge is 0.418 e. The van der Waals surface area contributed by atoms with Crippen LogP contribution in [-0.4, -0.2) is 65.8 Å². The molecule has 1 heterocycles. The van der Waals surface area contributed by atoms with Gasteiger partial charge in [0.05, 0.1) is 17.3 Å². The number of nitrogens with zero attached hydrogens (tertiary/aromatic N) is 1. The minimum Gasteiger partial charge on any atom is -0.508 e. The number of benzene rings is 1. The molecule has 1 amide bonds. The number of phenolic OH excluding ortho intramolecular Hbond substituents is 1. The summed E-state index contributed by atoms with van der Waals surface area (Å²) in [7, 11) is 0. The number of nitrogens with two attached hydrogens (primary N) is 2. The van der Waals surface area contributed by atoms with E-state index >= 15 is 0 Å².